The fourth-order valence-electron chi connectivity index (χ4n) is 2.19. The van der Waals surface area contributed by atoms with Crippen LogP contribution in [0.1, 0.15) is 12.5 Å². The van der Waals surface area contributed by atoms with Gasteiger partial charge in [0.15, 0.2) is 0 Å². The van der Waals surface area contributed by atoms with Crippen molar-refractivity contribution in [3.8, 4) is 0 Å². The van der Waals surface area contributed by atoms with E-state index in [1.807, 2.05) is 38.4 Å². The Morgan fingerprint density at radius 3 is 2.30 bits per heavy atom. The summed E-state index contributed by atoms with van der Waals surface area (Å²) in [5, 5.41) is 3.40. The molecular weight excluding hydrogens is 251 g/mol. The van der Waals surface area contributed by atoms with Gasteiger partial charge in [0.2, 0.25) is 0 Å². The van der Waals surface area contributed by atoms with E-state index in [2.05, 4.69) is 29.3 Å². The van der Waals surface area contributed by atoms with Crippen LogP contribution in [0, 0.1) is 5.82 Å². The van der Waals surface area contributed by atoms with E-state index in [0.29, 0.717) is 6.42 Å². The summed E-state index contributed by atoms with van der Waals surface area (Å²) in [5.41, 5.74) is 2.97. The lowest BCUT2D eigenvalue weighted by Gasteiger charge is -2.17. The van der Waals surface area contributed by atoms with Crippen molar-refractivity contribution in [2.75, 3.05) is 24.3 Å². The van der Waals surface area contributed by atoms with Crippen molar-refractivity contribution in [1.82, 2.24) is 0 Å². The summed E-state index contributed by atoms with van der Waals surface area (Å²) in [6.45, 7) is 2.06. The van der Waals surface area contributed by atoms with Crippen LogP contribution >= 0.6 is 0 Å². The third-order valence-electron chi connectivity index (χ3n) is 3.28. The Balaban J connectivity index is 1.97. The lowest BCUT2D eigenvalue weighted by atomic mass is 10.1. The van der Waals surface area contributed by atoms with Crippen LogP contribution < -0.4 is 10.2 Å². The molecule has 0 fully saturated rings. The Labute approximate surface area is 120 Å². The number of nitrogens with zero attached hydrogens (tertiary/aromatic N) is 1. The largest absolute Gasteiger partial charge is 0.382 e. The fraction of sp³-hybridized carbons (Fsp3) is 0.294. The highest BCUT2D eigenvalue weighted by Crippen LogP contribution is 2.17. The quantitative estimate of drug-likeness (QED) is 0.887. The molecule has 0 amide bonds. The van der Waals surface area contributed by atoms with Crippen LogP contribution in [0.2, 0.25) is 0 Å². The van der Waals surface area contributed by atoms with E-state index >= 15 is 0 Å². The van der Waals surface area contributed by atoms with Gasteiger partial charge in [0, 0.05) is 31.5 Å². The van der Waals surface area contributed by atoms with Crippen molar-refractivity contribution >= 4 is 11.4 Å². The predicted octanol–water partition coefficient (Wildman–Crippen LogP) is 3.93. The van der Waals surface area contributed by atoms with Crippen LogP contribution in [0.5, 0.6) is 0 Å². The third kappa shape index (κ3) is 3.73. The minimum Gasteiger partial charge on any atom is -0.382 e. The number of hydrogen-bond donors (Lipinski definition) is 1. The van der Waals surface area contributed by atoms with E-state index in [-0.39, 0.29) is 11.9 Å². The topological polar surface area (TPSA) is 15.3 Å². The van der Waals surface area contributed by atoms with Crippen LogP contribution in [-0.2, 0) is 6.42 Å². The van der Waals surface area contributed by atoms with E-state index in [4.69, 9.17) is 0 Å². The lowest BCUT2D eigenvalue weighted by Crippen LogP contribution is -2.18. The molecule has 0 heterocycles. The van der Waals surface area contributed by atoms with Crippen molar-refractivity contribution in [2.24, 2.45) is 0 Å². The third-order valence-corrected chi connectivity index (χ3v) is 3.28. The molecule has 0 aliphatic carbocycles. The molecule has 1 N–H and O–H groups in total. The standard InChI is InChI=1S/C17H21FN2/c1-13(12-14-6-4-5-7-17(14)18)19-15-8-10-16(11-9-15)20(2)3/h4-11,13,19H,12H2,1-3H3. The fourth-order valence-corrected chi connectivity index (χ4v) is 2.19. The molecule has 0 saturated heterocycles. The molecular formula is C17H21FN2. The molecule has 0 radical (unpaired) electrons. The van der Waals surface area contributed by atoms with Crippen LogP contribution in [0.4, 0.5) is 15.8 Å². The minimum absolute atomic E-state index is 0.135. The van der Waals surface area contributed by atoms with Crippen molar-refractivity contribution in [2.45, 2.75) is 19.4 Å². The Morgan fingerprint density at radius 1 is 1.05 bits per heavy atom. The maximum atomic E-state index is 13.6. The summed E-state index contributed by atoms with van der Waals surface area (Å²) >= 11 is 0. The number of rotatable bonds is 5. The number of nitrogens with one attached hydrogen (secondary N) is 1. The number of anilines is 2. The van der Waals surface area contributed by atoms with Gasteiger partial charge in [-0.2, -0.15) is 0 Å². The van der Waals surface area contributed by atoms with Gasteiger partial charge >= 0.3 is 0 Å². The smallest absolute Gasteiger partial charge is 0.126 e. The first-order valence-electron chi connectivity index (χ1n) is 6.83. The zero-order valence-electron chi connectivity index (χ0n) is 12.2. The van der Waals surface area contributed by atoms with Crippen LogP contribution in [0.15, 0.2) is 48.5 Å². The zero-order chi connectivity index (χ0) is 14.5. The van der Waals surface area contributed by atoms with Gasteiger partial charge in [-0.25, -0.2) is 4.39 Å². The van der Waals surface area contributed by atoms with Crippen LogP contribution in [-0.4, -0.2) is 20.1 Å². The average Bonchev–Trinajstić information content (AvgIpc) is 2.42. The van der Waals surface area contributed by atoms with Gasteiger partial charge in [0.1, 0.15) is 5.82 Å². The molecule has 2 aromatic carbocycles. The highest BCUT2D eigenvalue weighted by molar-refractivity contribution is 5.54. The molecule has 0 spiro atoms. The van der Waals surface area contributed by atoms with E-state index in [9.17, 15) is 4.39 Å². The molecule has 0 aromatic heterocycles. The maximum absolute atomic E-state index is 13.6. The van der Waals surface area contributed by atoms with Gasteiger partial charge in [0.05, 0.1) is 0 Å². The van der Waals surface area contributed by atoms with Gasteiger partial charge in [0.25, 0.3) is 0 Å². The zero-order valence-corrected chi connectivity index (χ0v) is 12.2. The molecule has 3 heteroatoms. The van der Waals surface area contributed by atoms with Crippen molar-refractivity contribution in [3.63, 3.8) is 0 Å². The second-order valence-corrected chi connectivity index (χ2v) is 5.28. The molecule has 1 unspecified atom stereocenters. The van der Waals surface area contributed by atoms with E-state index in [0.717, 1.165) is 16.9 Å². The first-order valence-corrected chi connectivity index (χ1v) is 6.83. The Hall–Kier alpha value is -2.03. The average molecular weight is 272 g/mol. The van der Waals surface area contributed by atoms with Crippen molar-refractivity contribution in [1.29, 1.82) is 0 Å². The normalized spacial score (nSPS) is 12.0. The molecule has 106 valence electrons. The minimum atomic E-state index is -0.135. The number of benzene rings is 2. The van der Waals surface area contributed by atoms with Gasteiger partial charge in [-0.3, -0.25) is 0 Å². The second-order valence-electron chi connectivity index (χ2n) is 5.28. The molecule has 20 heavy (non-hydrogen) atoms. The van der Waals surface area contributed by atoms with Crippen LogP contribution in [0.3, 0.4) is 0 Å². The summed E-state index contributed by atoms with van der Waals surface area (Å²) in [6.07, 6.45) is 0.669. The molecule has 0 saturated carbocycles. The highest BCUT2D eigenvalue weighted by atomic mass is 19.1. The molecule has 0 bridgehead atoms. The van der Waals surface area contributed by atoms with Gasteiger partial charge in [-0.05, 0) is 49.2 Å². The monoisotopic (exact) mass is 272 g/mol. The highest BCUT2D eigenvalue weighted by Gasteiger charge is 2.07. The Kier molecular flexibility index (Phi) is 4.61. The van der Waals surface area contributed by atoms with Crippen molar-refractivity contribution < 1.29 is 4.39 Å². The molecule has 0 aliphatic rings. The molecule has 0 aliphatic heterocycles. The molecule has 2 aromatic rings. The molecule has 1 atom stereocenters. The Bertz CT molecular complexity index is 549. The summed E-state index contributed by atoms with van der Waals surface area (Å²) in [5.74, 6) is -0.135. The van der Waals surface area contributed by atoms with E-state index in [1.54, 1.807) is 6.07 Å². The summed E-state index contributed by atoms with van der Waals surface area (Å²) in [7, 11) is 4.03. The SMILES string of the molecule is CC(Cc1ccccc1F)Nc1ccc(N(C)C)cc1. The molecule has 2 nitrogen and oxygen atoms in total. The summed E-state index contributed by atoms with van der Waals surface area (Å²) < 4.78 is 13.6. The Morgan fingerprint density at radius 2 is 1.70 bits per heavy atom. The van der Waals surface area contributed by atoms with Crippen LogP contribution in [0.25, 0.3) is 0 Å². The first kappa shape index (κ1) is 14.4. The van der Waals surface area contributed by atoms with Gasteiger partial charge in [-0.1, -0.05) is 18.2 Å². The van der Waals surface area contributed by atoms with E-state index < -0.39 is 0 Å². The molecule has 2 rings (SSSR count). The summed E-state index contributed by atoms with van der Waals surface area (Å²) in [4.78, 5) is 2.06. The first-order chi connectivity index (χ1) is 9.56. The van der Waals surface area contributed by atoms with Crippen molar-refractivity contribution in [3.05, 3.63) is 59.9 Å². The summed E-state index contributed by atoms with van der Waals surface area (Å²) in [6, 6.07) is 15.3. The predicted molar refractivity (Wildman–Crippen MR) is 84.0 cm³/mol. The number of hydrogen-bond acceptors (Lipinski definition) is 2. The second kappa shape index (κ2) is 6.42. The maximum Gasteiger partial charge on any atom is 0.126 e. The van der Waals surface area contributed by atoms with Gasteiger partial charge in [-0.15, -0.1) is 0 Å². The van der Waals surface area contributed by atoms with Gasteiger partial charge < -0.3 is 10.2 Å². The lowest BCUT2D eigenvalue weighted by molar-refractivity contribution is 0.601. The van der Waals surface area contributed by atoms with E-state index in [1.165, 1.54) is 6.07 Å². The number of halogens is 1.